The van der Waals surface area contributed by atoms with Crippen molar-refractivity contribution in [1.29, 1.82) is 0 Å². The fourth-order valence-electron chi connectivity index (χ4n) is 3.09. The maximum absolute atomic E-state index is 12.3. The van der Waals surface area contributed by atoms with Crippen molar-refractivity contribution in [2.24, 2.45) is 5.41 Å². The molecule has 24 heavy (non-hydrogen) atoms. The highest BCUT2D eigenvalue weighted by Crippen LogP contribution is 2.64. The molecule has 0 spiro atoms. The van der Waals surface area contributed by atoms with Crippen LogP contribution >= 0.6 is 6.04 Å². The van der Waals surface area contributed by atoms with E-state index in [0.717, 1.165) is 16.5 Å². The van der Waals surface area contributed by atoms with Crippen LogP contribution in [-0.4, -0.2) is 5.78 Å². The molecule has 0 radical (unpaired) electrons. The SMILES string of the molecule is CC(=O)C1(C)C=C(c2ccccc2)P(=S)(c2ccccc2)C=C1C. The van der Waals surface area contributed by atoms with Crippen molar-refractivity contribution in [3.8, 4) is 0 Å². The first kappa shape index (κ1) is 17.1. The van der Waals surface area contributed by atoms with Crippen LogP contribution in [0.1, 0.15) is 26.3 Å². The van der Waals surface area contributed by atoms with E-state index in [1.165, 1.54) is 5.30 Å². The Balaban J connectivity index is 2.29. The molecule has 122 valence electrons. The summed E-state index contributed by atoms with van der Waals surface area (Å²) in [7, 11) is 0. The normalized spacial score (nSPS) is 26.5. The van der Waals surface area contributed by atoms with Gasteiger partial charge in [-0.05, 0) is 42.8 Å². The number of rotatable bonds is 3. The molecule has 0 saturated heterocycles. The summed E-state index contributed by atoms with van der Waals surface area (Å²) < 4.78 is 0. The van der Waals surface area contributed by atoms with Gasteiger partial charge in [0.25, 0.3) is 0 Å². The lowest BCUT2D eigenvalue weighted by molar-refractivity contribution is -0.121. The highest BCUT2D eigenvalue weighted by Gasteiger charge is 2.38. The van der Waals surface area contributed by atoms with E-state index in [-0.39, 0.29) is 5.78 Å². The summed E-state index contributed by atoms with van der Waals surface area (Å²) in [6.45, 7) is 5.69. The third kappa shape index (κ3) is 2.75. The van der Waals surface area contributed by atoms with Crippen molar-refractivity contribution < 1.29 is 4.79 Å². The number of carbonyl (C=O) groups excluding carboxylic acids is 1. The number of benzene rings is 2. The Kier molecular flexibility index (Phi) is 4.46. The van der Waals surface area contributed by atoms with Crippen LogP contribution < -0.4 is 5.30 Å². The summed E-state index contributed by atoms with van der Waals surface area (Å²) in [5.41, 5.74) is 1.59. The highest BCUT2D eigenvalue weighted by molar-refractivity contribution is 8.24. The molecular weight excluding hydrogens is 331 g/mol. The topological polar surface area (TPSA) is 17.1 Å². The average molecular weight is 352 g/mol. The van der Waals surface area contributed by atoms with Crippen LogP contribution in [0.5, 0.6) is 0 Å². The Morgan fingerprint density at radius 3 is 2.08 bits per heavy atom. The van der Waals surface area contributed by atoms with Crippen molar-refractivity contribution in [3.63, 3.8) is 0 Å². The molecule has 0 bridgehead atoms. The van der Waals surface area contributed by atoms with Gasteiger partial charge in [-0.3, -0.25) is 4.79 Å². The van der Waals surface area contributed by atoms with Crippen LogP contribution in [-0.2, 0) is 16.6 Å². The molecule has 0 fully saturated rings. The van der Waals surface area contributed by atoms with Crippen LogP contribution in [0, 0.1) is 5.41 Å². The van der Waals surface area contributed by atoms with Crippen molar-refractivity contribution in [2.75, 3.05) is 0 Å². The summed E-state index contributed by atoms with van der Waals surface area (Å²) in [5, 5.41) is 2.28. The van der Waals surface area contributed by atoms with Gasteiger partial charge in [0.05, 0.1) is 5.41 Å². The van der Waals surface area contributed by atoms with Crippen molar-refractivity contribution in [1.82, 2.24) is 0 Å². The second kappa shape index (κ2) is 6.27. The van der Waals surface area contributed by atoms with E-state index in [9.17, 15) is 4.79 Å². The second-order valence-electron chi connectivity index (χ2n) is 6.46. The zero-order valence-corrected chi connectivity index (χ0v) is 15.9. The van der Waals surface area contributed by atoms with Crippen LogP contribution in [0.25, 0.3) is 5.31 Å². The van der Waals surface area contributed by atoms with Crippen LogP contribution in [0.4, 0.5) is 0 Å². The molecule has 0 aliphatic carbocycles. The summed E-state index contributed by atoms with van der Waals surface area (Å²) in [6.07, 6.45) is 2.12. The molecule has 2 unspecified atom stereocenters. The molecule has 3 rings (SSSR count). The fourth-order valence-corrected chi connectivity index (χ4v) is 7.38. The van der Waals surface area contributed by atoms with Gasteiger partial charge in [0.1, 0.15) is 5.78 Å². The number of hydrogen-bond donors (Lipinski definition) is 0. The van der Waals surface area contributed by atoms with E-state index in [0.29, 0.717) is 0 Å². The van der Waals surface area contributed by atoms with Crippen molar-refractivity contribution in [2.45, 2.75) is 20.8 Å². The summed E-state index contributed by atoms with van der Waals surface area (Å²) in [6, 6.07) is 18.4. The maximum Gasteiger partial charge on any atom is 0.143 e. The minimum absolute atomic E-state index is 0.152. The third-order valence-electron chi connectivity index (χ3n) is 4.92. The summed E-state index contributed by atoms with van der Waals surface area (Å²) >= 11 is 6.24. The van der Waals surface area contributed by atoms with Gasteiger partial charge in [-0.25, -0.2) is 0 Å². The molecule has 0 amide bonds. The number of allylic oxidation sites excluding steroid dienone is 2. The minimum atomic E-state index is -2.09. The molecule has 0 saturated carbocycles. The molecule has 1 aliphatic heterocycles. The first-order chi connectivity index (χ1) is 11.4. The summed E-state index contributed by atoms with van der Waals surface area (Å²) in [4.78, 5) is 12.3. The van der Waals surface area contributed by atoms with Gasteiger partial charge in [0, 0.05) is 6.04 Å². The maximum atomic E-state index is 12.3. The lowest BCUT2D eigenvalue weighted by Gasteiger charge is -2.36. The molecule has 0 N–H and O–H groups in total. The summed E-state index contributed by atoms with van der Waals surface area (Å²) in [5.74, 6) is 2.35. The van der Waals surface area contributed by atoms with E-state index in [1.54, 1.807) is 6.92 Å². The van der Waals surface area contributed by atoms with Gasteiger partial charge >= 0.3 is 0 Å². The number of ketones is 1. The van der Waals surface area contributed by atoms with Crippen molar-refractivity contribution in [3.05, 3.63) is 83.7 Å². The number of carbonyl (C=O) groups is 1. The monoisotopic (exact) mass is 352 g/mol. The van der Waals surface area contributed by atoms with E-state index >= 15 is 0 Å². The largest absolute Gasteiger partial charge is 0.299 e. The highest BCUT2D eigenvalue weighted by atomic mass is 32.4. The molecular formula is C21H21OPS. The van der Waals surface area contributed by atoms with E-state index in [2.05, 4.69) is 36.2 Å². The minimum Gasteiger partial charge on any atom is -0.299 e. The molecule has 1 nitrogen and oxygen atoms in total. The van der Waals surface area contributed by atoms with E-state index in [4.69, 9.17) is 11.8 Å². The second-order valence-corrected chi connectivity index (χ2v) is 10.8. The zero-order chi connectivity index (χ0) is 17.4. The molecule has 3 heteroatoms. The fraction of sp³-hybridized carbons (Fsp3) is 0.190. The first-order valence-electron chi connectivity index (χ1n) is 8.03. The van der Waals surface area contributed by atoms with E-state index < -0.39 is 11.5 Å². The lowest BCUT2D eigenvalue weighted by Crippen LogP contribution is -2.27. The third-order valence-corrected chi connectivity index (χ3v) is 9.38. The van der Waals surface area contributed by atoms with Gasteiger partial charge in [-0.15, -0.1) is 0 Å². The predicted octanol–water partition coefficient (Wildman–Crippen LogP) is 5.35. The van der Waals surface area contributed by atoms with Gasteiger partial charge in [0.15, 0.2) is 0 Å². The Morgan fingerprint density at radius 2 is 1.54 bits per heavy atom. The Labute approximate surface area is 149 Å². The van der Waals surface area contributed by atoms with Crippen molar-refractivity contribution >= 4 is 34.2 Å². The van der Waals surface area contributed by atoms with E-state index in [1.807, 2.05) is 50.2 Å². The molecule has 1 aliphatic rings. The molecule has 1 heterocycles. The lowest BCUT2D eigenvalue weighted by atomic mass is 9.79. The van der Waals surface area contributed by atoms with Crippen LogP contribution in [0.2, 0.25) is 0 Å². The Bertz CT molecular complexity index is 881. The zero-order valence-electron chi connectivity index (χ0n) is 14.2. The van der Waals surface area contributed by atoms with Gasteiger partial charge in [-0.1, -0.05) is 84.1 Å². The van der Waals surface area contributed by atoms with Crippen LogP contribution in [0.3, 0.4) is 0 Å². The Hall–Kier alpha value is -1.76. The molecule has 2 aromatic rings. The first-order valence-corrected chi connectivity index (χ1v) is 10.9. The van der Waals surface area contributed by atoms with Gasteiger partial charge in [0.2, 0.25) is 0 Å². The van der Waals surface area contributed by atoms with Crippen LogP contribution in [0.15, 0.2) is 78.1 Å². The molecule has 2 atom stereocenters. The standard InChI is InChI=1S/C21H21OPS/c1-16-15-23(24,19-12-8-5-9-13-19)20(14-21(16,3)17(2)22)18-10-6-4-7-11-18/h4-15H,1-3H3. The average Bonchev–Trinajstić information content (AvgIpc) is 2.59. The molecule has 0 aromatic heterocycles. The smallest absolute Gasteiger partial charge is 0.143 e. The van der Waals surface area contributed by atoms with Gasteiger partial charge in [-0.2, -0.15) is 0 Å². The quantitative estimate of drug-likeness (QED) is 0.693. The number of Topliss-reactive ketones (excluding diaryl/α,β-unsaturated/α-hetero) is 1. The predicted molar refractivity (Wildman–Crippen MR) is 107 cm³/mol. The van der Waals surface area contributed by atoms with Gasteiger partial charge < -0.3 is 0 Å². The molecule has 2 aromatic carbocycles. The Morgan fingerprint density at radius 1 is 1.00 bits per heavy atom. The number of hydrogen-bond acceptors (Lipinski definition) is 2.